The summed E-state index contributed by atoms with van der Waals surface area (Å²) in [7, 11) is 1.84. The first-order chi connectivity index (χ1) is 6.25. The standard InChI is InChI=1S/C8H9ClN4/c1-13(4-2-3-10)8-7(9)5-11-6-12-8/h5-6H,2,4H2,1H3. The van der Waals surface area contributed by atoms with E-state index in [4.69, 9.17) is 16.9 Å². The number of nitrogens with zero attached hydrogens (tertiary/aromatic N) is 4. The highest BCUT2D eigenvalue weighted by Crippen LogP contribution is 2.19. The molecule has 0 aliphatic rings. The molecule has 0 saturated heterocycles. The Balaban J connectivity index is 2.72. The van der Waals surface area contributed by atoms with E-state index >= 15 is 0 Å². The molecule has 0 aromatic carbocycles. The molecule has 0 unspecified atom stereocenters. The molecule has 68 valence electrons. The molecule has 1 aromatic rings. The van der Waals surface area contributed by atoms with Crippen molar-refractivity contribution in [3.8, 4) is 6.07 Å². The fraction of sp³-hybridized carbons (Fsp3) is 0.375. The zero-order valence-corrected chi connectivity index (χ0v) is 7.99. The smallest absolute Gasteiger partial charge is 0.150 e. The van der Waals surface area contributed by atoms with Crippen molar-refractivity contribution in [2.45, 2.75) is 6.42 Å². The first-order valence-corrected chi connectivity index (χ1v) is 4.17. The molecule has 1 aromatic heterocycles. The Kier molecular flexibility index (Phi) is 3.47. The summed E-state index contributed by atoms with van der Waals surface area (Å²) in [6.07, 6.45) is 3.42. The van der Waals surface area contributed by atoms with Gasteiger partial charge < -0.3 is 4.90 Å². The van der Waals surface area contributed by atoms with Crippen molar-refractivity contribution < 1.29 is 0 Å². The summed E-state index contributed by atoms with van der Waals surface area (Å²) in [4.78, 5) is 9.60. The maximum Gasteiger partial charge on any atom is 0.150 e. The van der Waals surface area contributed by atoms with E-state index in [1.807, 2.05) is 11.9 Å². The Morgan fingerprint density at radius 3 is 3.08 bits per heavy atom. The Morgan fingerprint density at radius 2 is 2.46 bits per heavy atom. The maximum absolute atomic E-state index is 8.39. The van der Waals surface area contributed by atoms with Gasteiger partial charge in [0.05, 0.1) is 18.7 Å². The summed E-state index contributed by atoms with van der Waals surface area (Å²) < 4.78 is 0. The maximum atomic E-state index is 8.39. The van der Waals surface area contributed by atoms with E-state index in [1.165, 1.54) is 12.5 Å². The van der Waals surface area contributed by atoms with Crippen LogP contribution in [0, 0.1) is 11.3 Å². The van der Waals surface area contributed by atoms with Crippen molar-refractivity contribution in [1.82, 2.24) is 9.97 Å². The van der Waals surface area contributed by atoms with Gasteiger partial charge in [0.1, 0.15) is 11.3 Å². The molecule has 0 amide bonds. The van der Waals surface area contributed by atoms with Crippen LogP contribution in [-0.4, -0.2) is 23.6 Å². The summed E-state index contributed by atoms with van der Waals surface area (Å²) in [6.45, 7) is 0.618. The van der Waals surface area contributed by atoms with Gasteiger partial charge in [-0.1, -0.05) is 11.6 Å². The normalized spacial score (nSPS) is 9.31. The van der Waals surface area contributed by atoms with Crippen molar-refractivity contribution in [3.05, 3.63) is 17.5 Å². The first kappa shape index (κ1) is 9.75. The van der Waals surface area contributed by atoms with Crippen molar-refractivity contribution >= 4 is 17.4 Å². The quantitative estimate of drug-likeness (QED) is 0.735. The lowest BCUT2D eigenvalue weighted by molar-refractivity contribution is 0.879. The second-order valence-electron chi connectivity index (χ2n) is 2.52. The van der Waals surface area contributed by atoms with Gasteiger partial charge in [-0.25, -0.2) is 9.97 Å². The molecule has 1 heterocycles. The molecule has 0 aliphatic carbocycles. The van der Waals surface area contributed by atoms with Crippen LogP contribution in [0.2, 0.25) is 5.02 Å². The Morgan fingerprint density at radius 1 is 1.69 bits per heavy atom. The SMILES string of the molecule is CN(CCC#N)c1ncncc1Cl. The van der Waals surface area contributed by atoms with Gasteiger partial charge in [0.2, 0.25) is 0 Å². The van der Waals surface area contributed by atoms with Crippen LogP contribution in [0.3, 0.4) is 0 Å². The minimum atomic E-state index is 0.455. The van der Waals surface area contributed by atoms with Crippen LogP contribution in [0.15, 0.2) is 12.5 Å². The minimum absolute atomic E-state index is 0.455. The van der Waals surface area contributed by atoms with Crippen molar-refractivity contribution in [2.24, 2.45) is 0 Å². The van der Waals surface area contributed by atoms with Crippen LogP contribution in [0.4, 0.5) is 5.82 Å². The third kappa shape index (κ3) is 2.56. The van der Waals surface area contributed by atoms with Gasteiger partial charge in [-0.15, -0.1) is 0 Å². The van der Waals surface area contributed by atoms with Crippen molar-refractivity contribution in [1.29, 1.82) is 5.26 Å². The number of anilines is 1. The van der Waals surface area contributed by atoms with E-state index in [0.717, 1.165) is 0 Å². The molecule has 0 saturated carbocycles. The van der Waals surface area contributed by atoms with Crippen molar-refractivity contribution in [2.75, 3.05) is 18.5 Å². The second kappa shape index (κ2) is 4.63. The van der Waals surface area contributed by atoms with Crippen LogP contribution in [0.1, 0.15) is 6.42 Å². The highest BCUT2D eigenvalue weighted by atomic mass is 35.5. The molecule has 0 aliphatic heterocycles. The Bertz CT molecular complexity index is 320. The topological polar surface area (TPSA) is 52.8 Å². The number of hydrogen-bond acceptors (Lipinski definition) is 4. The largest absolute Gasteiger partial charge is 0.357 e. The molecule has 0 spiro atoms. The van der Waals surface area contributed by atoms with E-state index < -0.39 is 0 Å². The predicted molar refractivity (Wildman–Crippen MR) is 50.5 cm³/mol. The van der Waals surface area contributed by atoms with E-state index in [0.29, 0.717) is 23.8 Å². The van der Waals surface area contributed by atoms with E-state index in [1.54, 1.807) is 0 Å². The monoisotopic (exact) mass is 196 g/mol. The van der Waals surface area contributed by atoms with Crippen LogP contribution in [0.25, 0.3) is 0 Å². The molecule has 1 rings (SSSR count). The Hall–Kier alpha value is -1.34. The molecule has 13 heavy (non-hydrogen) atoms. The molecule has 4 nitrogen and oxygen atoms in total. The first-order valence-electron chi connectivity index (χ1n) is 3.79. The fourth-order valence-corrected chi connectivity index (χ4v) is 1.16. The van der Waals surface area contributed by atoms with E-state index in [2.05, 4.69) is 16.0 Å². The van der Waals surface area contributed by atoms with Gasteiger partial charge in [-0.05, 0) is 0 Å². The summed E-state index contributed by atoms with van der Waals surface area (Å²) in [5.74, 6) is 0.659. The van der Waals surface area contributed by atoms with Crippen LogP contribution in [0.5, 0.6) is 0 Å². The number of hydrogen-bond donors (Lipinski definition) is 0. The third-order valence-corrected chi connectivity index (χ3v) is 1.84. The van der Waals surface area contributed by atoms with Crippen LogP contribution >= 0.6 is 11.6 Å². The lowest BCUT2D eigenvalue weighted by Gasteiger charge is -2.16. The summed E-state index contributed by atoms with van der Waals surface area (Å²) >= 11 is 5.85. The molecule has 0 fully saturated rings. The molecular formula is C8H9ClN4. The van der Waals surface area contributed by atoms with Crippen molar-refractivity contribution in [3.63, 3.8) is 0 Å². The number of aromatic nitrogens is 2. The molecule has 0 radical (unpaired) electrons. The average Bonchev–Trinajstić information content (AvgIpc) is 2.15. The van der Waals surface area contributed by atoms with Crippen LogP contribution < -0.4 is 4.90 Å². The average molecular weight is 197 g/mol. The predicted octanol–water partition coefficient (Wildman–Crippen LogP) is 1.48. The highest BCUT2D eigenvalue weighted by molar-refractivity contribution is 6.32. The highest BCUT2D eigenvalue weighted by Gasteiger charge is 2.05. The fourth-order valence-electron chi connectivity index (χ4n) is 0.911. The molecule has 0 bridgehead atoms. The van der Waals surface area contributed by atoms with Gasteiger partial charge in [0.15, 0.2) is 5.82 Å². The summed E-state index contributed by atoms with van der Waals surface area (Å²) in [6, 6.07) is 2.06. The van der Waals surface area contributed by atoms with Gasteiger partial charge in [0.25, 0.3) is 0 Å². The lowest BCUT2D eigenvalue weighted by Crippen LogP contribution is -2.19. The second-order valence-corrected chi connectivity index (χ2v) is 2.93. The molecule has 5 heteroatoms. The summed E-state index contributed by atoms with van der Waals surface area (Å²) in [5, 5.41) is 8.89. The van der Waals surface area contributed by atoms with E-state index in [-0.39, 0.29) is 0 Å². The lowest BCUT2D eigenvalue weighted by atomic mass is 10.4. The molecular weight excluding hydrogens is 188 g/mol. The number of nitriles is 1. The van der Waals surface area contributed by atoms with E-state index in [9.17, 15) is 0 Å². The van der Waals surface area contributed by atoms with Gasteiger partial charge in [0, 0.05) is 13.6 Å². The third-order valence-electron chi connectivity index (χ3n) is 1.57. The zero-order valence-electron chi connectivity index (χ0n) is 7.24. The number of halogens is 1. The number of rotatable bonds is 3. The van der Waals surface area contributed by atoms with Crippen LogP contribution in [-0.2, 0) is 0 Å². The zero-order chi connectivity index (χ0) is 9.68. The Labute approximate surface area is 81.8 Å². The molecule has 0 atom stereocenters. The van der Waals surface area contributed by atoms with Gasteiger partial charge >= 0.3 is 0 Å². The molecule has 0 N–H and O–H groups in total. The summed E-state index contributed by atoms with van der Waals surface area (Å²) in [5.41, 5.74) is 0. The van der Waals surface area contributed by atoms with Gasteiger partial charge in [-0.2, -0.15) is 5.26 Å². The van der Waals surface area contributed by atoms with Gasteiger partial charge in [-0.3, -0.25) is 0 Å². The minimum Gasteiger partial charge on any atom is -0.357 e.